The highest BCUT2D eigenvalue weighted by Crippen LogP contribution is 2.18. The van der Waals surface area contributed by atoms with Crippen molar-refractivity contribution in [1.82, 2.24) is 19.9 Å². The number of H-pyrrole nitrogens is 3. The van der Waals surface area contributed by atoms with Gasteiger partial charge in [-0.3, -0.25) is 9.78 Å². The van der Waals surface area contributed by atoms with Crippen LogP contribution in [0.3, 0.4) is 0 Å². The first-order valence-electron chi connectivity index (χ1n) is 7.26. The van der Waals surface area contributed by atoms with Gasteiger partial charge in [0.1, 0.15) is 23.9 Å². The number of hydrogen-bond donors (Lipinski definition) is 4. The second-order valence-electron chi connectivity index (χ2n) is 5.11. The molecule has 0 saturated carbocycles. The predicted molar refractivity (Wildman–Crippen MR) is 89.2 cm³/mol. The van der Waals surface area contributed by atoms with E-state index in [4.69, 9.17) is 4.74 Å². The standard InChI is InChI=1S/C16H11N5O5/c17-6-8(14-18-9-3-1-2-4-10(9)19-14)12(22)7-26-15(24)11-5-13(23)21-16(25)20-11/h1-5,22H,7H2,(H,18,19)(H2,20,21,23,25). The van der Waals surface area contributed by atoms with E-state index in [0.717, 1.165) is 6.07 Å². The number of ether oxygens (including phenoxy) is 1. The minimum Gasteiger partial charge on any atom is -0.507 e. The van der Waals surface area contributed by atoms with Crippen LogP contribution >= 0.6 is 0 Å². The summed E-state index contributed by atoms with van der Waals surface area (Å²) in [6.07, 6.45) is 0. The highest BCUT2D eigenvalue weighted by atomic mass is 16.5. The van der Waals surface area contributed by atoms with E-state index in [9.17, 15) is 24.8 Å². The van der Waals surface area contributed by atoms with Gasteiger partial charge in [-0.1, -0.05) is 12.1 Å². The van der Waals surface area contributed by atoms with E-state index in [-0.39, 0.29) is 17.1 Å². The van der Waals surface area contributed by atoms with Crippen LogP contribution in [0.5, 0.6) is 0 Å². The number of carbonyl (C=O) groups is 1. The van der Waals surface area contributed by atoms with Gasteiger partial charge >= 0.3 is 11.7 Å². The zero-order valence-corrected chi connectivity index (χ0v) is 13.1. The molecule has 0 radical (unpaired) electrons. The van der Waals surface area contributed by atoms with E-state index in [1.54, 1.807) is 30.3 Å². The smallest absolute Gasteiger partial charge is 0.355 e. The Balaban J connectivity index is 1.83. The molecule has 0 spiro atoms. The molecular weight excluding hydrogens is 342 g/mol. The quantitative estimate of drug-likeness (QED) is 0.303. The lowest BCUT2D eigenvalue weighted by molar-refractivity contribution is 0.0495. The van der Waals surface area contributed by atoms with E-state index >= 15 is 0 Å². The fourth-order valence-corrected chi connectivity index (χ4v) is 2.19. The number of rotatable bonds is 4. The Labute approximate surface area is 144 Å². The minimum atomic E-state index is -1.04. The molecule has 2 heterocycles. The summed E-state index contributed by atoms with van der Waals surface area (Å²) < 4.78 is 4.82. The Kier molecular flexibility index (Phi) is 4.36. The van der Waals surface area contributed by atoms with Gasteiger partial charge < -0.3 is 19.8 Å². The van der Waals surface area contributed by atoms with E-state index < -0.39 is 29.6 Å². The maximum atomic E-state index is 11.9. The van der Waals surface area contributed by atoms with Crippen molar-refractivity contribution in [1.29, 1.82) is 5.26 Å². The summed E-state index contributed by atoms with van der Waals surface area (Å²) in [5.41, 5.74) is -0.964. The second kappa shape index (κ2) is 6.78. The molecule has 10 nitrogen and oxygen atoms in total. The lowest BCUT2D eigenvalue weighted by Gasteiger charge is -2.05. The van der Waals surface area contributed by atoms with Crippen LogP contribution in [0.25, 0.3) is 16.6 Å². The molecule has 0 unspecified atom stereocenters. The van der Waals surface area contributed by atoms with Gasteiger partial charge in [0.25, 0.3) is 5.56 Å². The second-order valence-corrected chi connectivity index (χ2v) is 5.11. The molecular formula is C16H11N5O5. The third-order valence-corrected chi connectivity index (χ3v) is 3.35. The van der Waals surface area contributed by atoms with Gasteiger partial charge in [-0.2, -0.15) is 5.26 Å². The molecule has 26 heavy (non-hydrogen) atoms. The Morgan fingerprint density at radius 2 is 2.00 bits per heavy atom. The fraction of sp³-hybridized carbons (Fsp3) is 0.0625. The molecule has 0 saturated heterocycles. The molecule has 2 aromatic heterocycles. The number of benzene rings is 1. The predicted octanol–water partition coefficient (Wildman–Crippen LogP) is 0.589. The number of esters is 1. The number of nitriles is 1. The first kappa shape index (κ1) is 16.7. The molecule has 4 N–H and O–H groups in total. The zero-order valence-electron chi connectivity index (χ0n) is 13.1. The first-order valence-corrected chi connectivity index (χ1v) is 7.26. The summed E-state index contributed by atoms with van der Waals surface area (Å²) in [6.45, 7) is -0.645. The van der Waals surface area contributed by atoms with Gasteiger partial charge in [0.15, 0.2) is 11.6 Å². The maximum Gasteiger partial charge on any atom is 0.355 e. The molecule has 0 amide bonds. The van der Waals surface area contributed by atoms with Crippen LogP contribution in [0.1, 0.15) is 16.3 Å². The third-order valence-electron chi connectivity index (χ3n) is 3.35. The highest BCUT2D eigenvalue weighted by molar-refractivity contribution is 5.87. The minimum absolute atomic E-state index is 0.117. The maximum absolute atomic E-state index is 11.9. The van der Waals surface area contributed by atoms with Gasteiger partial charge in [0, 0.05) is 6.07 Å². The average molecular weight is 353 g/mol. The van der Waals surface area contributed by atoms with Crippen molar-refractivity contribution in [2.45, 2.75) is 0 Å². The van der Waals surface area contributed by atoms with Crippen molar-refractivity contribution in [3.63, 3.8) is 0 Å². The number of aromatic nitrogens is 4. The van der Waals surface area contributed by atoms with Crippen molar-refractivity contribution < 1.29 is 14.6 Å². The van der Waals surface area contributed by atoms with Crippen LogP contribution in [0.4, 0.5) is 0 Å². The van der Waals surface area contributed by atoms with Crippen LogP contribution in [0.15, 0.2) is 45.7 Å². The van der Waals surface area contributed by atoms with E-state index in [1.165, 1.54) is 0 Å². The number of aliphatic hydroxyl groups excluding tert-OH is 1. The summed E-state index contributed by atoms with van der Waals surface area (Å²) in [4.78, 5) is 45.2. The number of fused-ring (bicyclic) bond motifs is 1. The van der Waals surface area contributed by atoms with Crippen molar-refractivity contribution in [2.24, 2.45) is 0 Å². The molecule has 1 aromatic carbocycles. The molecule has 10 heteroatoms. The Morgan fingerprint density at radius 1 is 1.23 bits per heavy atom. The number of aliphatic hydroxyl groups is 1. The fourth-order valence-electron chi connectivity index (χ4n) is 2.19. The summed E-state index contributed by atoms with van der Waals surface area (Å²) in [7, 11) is 0. The summed E-state index contributed by atoms with van der Waals surface area (Å²) in [6, 6.07) is 9.67. The van der Waals surface area contributed by atoms with Crippen molar-refractivity contribution in [3.05, 3.63) is 68.4 Å². The summed E-state index contributed by atoms with van der Waals surface area (Å²) in [5, 5.41) is 19.3. The van der Waals surface area contributed by atoms with Gasteiger partial charge in [-0.25, -0.2) is 14.6 Å². The van der Waals surface area contributed by atoms with Crippen molar-refractivity contribution in [2.75, 3.05) is 6.61 Å². The van der Waals surface area contributed by atoms with Gasteiger partial charge in [-0.05, 0) is 12.1 Å². The molecule has 0 aliphatic rings. The lowest BCUT2D eigenvalue weighted by Crippen LogP contribution is -2.25. The molecule has 0 aliphatic carbocycles. The molecule has 0 aliphatic heterocycles. The van der Waals surface area contributed by atoms with Gasteiger partial charge in [-0.15, -0.1) is 0 Å². The number of imidazole rings is 1. The SMILES string of the molecule is N#CC(=C(O)COC(=O)c1cc(=O)[nH]c(=O)[nH]1)c1nc2ccccc2[nH]1. The molecule has 3 rings (SSSR count). The topological polar surface area (TPSA) is 165 Å². The number of hydrogen-bond acceptors (Lipinski definition) is 7. The van der Waals surface area contributed by atoms with Gasteiger partial charge in [0.05, 0.1) is 11.0 Å². The van der Waals surface area contributed by atoms with E-state index in [1.807, 2.05) is 4.98 Å². The molecule has 0 atom stereocenters. The average Bonchev–Trinajstić information content (AvgIpc) is 3.03. The van der Waals surface area contributed by atoms with Gasteiger partial charge in [0.2, 0.25) is 0 Å². The molecule has 130 valence electrons. The Hall–Kier alpha value is -4.13. The number of aromatic amines is 3. The van der Waals surface area contributed by atoms with Crippen molar-refractivity contribution in [3.8, 4) is 6.07 Å². The molecule has 0 bridgehead atoms. The number of nitrogens with zero attached hydrogens (tertiary/aromatic N) is 2. The zero-order chi connectivity index (χ0) is 18.7. The first-order chi connectivity index (χ1) is 12.5. The third kappa shape index (κ3) is 3.36. The summed E-state index contributed by atoms with van der Waals surface area (Å²) in [5.74, 6) is -1.46. The summed E-state index contributed by atoms with van der Waals surface area (Å²) >= 11 is 0. The normalized spacial score (nSPS) is 11.7. The monoisotopic (exact) mass is 353 g/mol. The number of para-hydroxylation sites is 2. The molecule has 3 aromatic rings. The number of allylic oxidation sites excluding steroid dienone is 1. The highest BCUT2D eigenvalue weighted by Gasteiger charge is 2.16. The van der Waals surface area contributed by atoms with E-state index in [0.29, 0.717) is 11.0 Å². The van der Waals surface area contributed by atoms with Crippen LogP contribution in [-0.2, 0) is 4.74 Å². The molecule has 0 fully saturated rings. The van der Waals surface area contributed by atoms with Crippen molar-refractivity contribution >= 4 is 22.6 Å². The van der Waals surface area contributed by atoms with Crippen LogP contribution < -0.4 is 11.2 Å². The van der Waals surface area contributed by atoms with Crippen LogP contribution in [0, 0.1) is 11.3 Å². The van der Waals surface area contributed by atoms with Crippen LogP contribution in [-0.4, -0.2) is 37.6 Å². The Bertz CT molecular complexity index is 1120. The number of nitrogens with one attached hydrogen (secondary N) is 3. The largest absolute Gasteiger partial charge is 0.507 e. The van der Waals surface area contributed by atoms with Crippen LogP contribution in [0.2, 0.25) is 0 Å². The number of carbonyl (C=O) groups excluding carboxylic acids is 1. The Morgan fingerprint density at radius 3 is 2.69 bits per heavy atom. The lowest BCUT2D eigenvalue weighted by atomic mass is 10.2. The van der Waals surface area contributed by atoms with E-state index in [2.05, 4.69) is 15.0 Å².